The maximum absolute atomic E-state index is 12.0. The Balaban J connectivity index is 1.83. The van der Waals surface area contributed by atoms with Gasteiger partial charge in [-0.25, -0.2) is 0 Å². The fourth-order valence-corrected chi connectivity index (χ4v) is 2.84. The number of aliphatic hydroxyl groups is 1. The van der Waals surface area contributed by atoms with Gasteiger partial charge >= 0.3 is 0 Å². The topological polar surface area (TPSA) is 61.4 Å². The monoisotopic (exact) mass is 310 g/mol. The van der Waals surface area contributed by atoms with E-state index in [2.05, 4.69) is 17.6 Å². The van der Waals surface area contributed by atoms with Crippen molar-refractivity contribution < 1.29 is 9.90 Å². The Bertz CT molecular complexity index is 468. The smallest absolute Gasteiger partial charge is 0.238 e. The predicted molar refractivity (Wildman–Crippen MR) is 85.5 cm³/mol. The number of rotatable bonds is 5. The molecule has 1 aliphatic carbocycles. The molecule has 4 nitrogen and oxygen atoms in total. The number of nitrogens with one attached hydrogen (secondary N) is 2. The normalized spacial score (nSPS) is 25.6. The first kappa shape index (κ1) is 16.3. The first-order valence-corrected chi connectivity index (χ1v) is 7.82. The van der Waals surface area contributed by atoms with Crippen molar-refractivity contribution in [1.82, 2.24) is 5.32 Å². The first-order chi connectivity index (χ1) is 10.0. The van der Waals surface area contributed by atoms with Crippen LogP contribution in [-0.4, -0.2) is 29.7 Å². The van der Waals surface area contributed by atoms with Crippen LogP contribution in [0.1, 0.15) is 32.6 Å². The summed E-state index contributed by atoms with van der Waals surface area (Å²) in [5, 5.41) is 16.4. The van der Waals surface area contributed by atoms with Gasteiger partial charge in [0, 0.05) is 16.2 Å². The summed E-state index contributed by atoms with van der Waals surface area (Å²) in [6.45, 7) is 2.51. The lowest BCUT2D eigenvalue weighted by molar-refractivity contribution is -0.116. The zero-order valence-electron chi connectivity index (χ0n) is 12.4. The second-order valence-corrected chi connectivity index (χ2v) is 6.47. The Morgan fingerprint density at radius 1 is 1.33 bits per heavy atom. The molecule has 5 heteroatoms. The lowest BCUT2D eigenvalue weighted by Crippen LogP contribution is -2.53. The Morgan fingerprint density at radius 3 is 2.52 bits per heavy atom. The molecule has 1 fully saturated rings. The second-order valence-electron chi connectivity index (χ2n) is 6.03. The average molecular weight is 311 g/mol. The maximum Gasteiger partial charge on any atom is 0.238 e. The van der Waals surface area contributed by atoms with Gasteiger partial charge in [0.05, 0.1) is 13.2 Å². The van der Waals surface area contributed by atoms with Crippen molar-refractivity contribution in [2.45, 2.75) is 38.1 Å². The van der Waals surface area contributed by atoms with Crippen LogP contribution in [0.3, 0.4) is 0 Å². The van der Waals surface area contributed by atoms with Crippen molar-refractivity contribution in [2.75, 3.05) is 18.5 Å². The zero-order valence-corrected chi connectivity index (χ0v) is 13.1. The van der Waals surface area contributed by atoms with Crippen LogP contribution < -0.4 is 10.6 Å². The molecule has 0 aliphatic heterocycles. The van der Waals surface area contributed by atoms with E-state index < -0.39 is 0 Å². The van der Waals surface area contributed by atoms with Crippen LogP contribution in [0.25, 0.3) is 0 Å². The number of hydrogen-bond donors (Lipinski definition) is 3. The molecule has 1 amide bonds. The van der Waals surface area contributed by atoms with Crippen LogP contribution in [0.4, 0.5) is 5.69 Å². The molecular formula is C16H23ClN2O2. The summed E-state index contributed by atoms with van der Waals surface area (Å²) in [4.78, 5) is 12.0. The highest BCUT2D eigenvalue weighted by molar-refractivity contribution is 6.30. The highest BCUT2D eigenvalue weighted by Crippen LogP contribution is 2.31. The fourth-order valence-electron chi connectivity index (χ4n) is 2.71. The van der Waals surface area contributed by atoms with Crippen molar-refractivity contribution in [1.29, 1.82) is 0 Å². The molecule has 0 spiro atoms. The van der Waals surface area contributed by atoms with Crippen LogP contribution in [-0.2, 0) is 4.79 Å². The predicted octanol–water partition coefficient (Wildman–Crippen LogP) is 2.81. The summed E-state index contributed by atoms with van der Waals surface area (Å²) in [5.74, 6) is 0.595. The lowest BCUT2D eigenvalue weighted by Gasteiger charge is -2.38. The molecule has 1 aromatic rings. The number of anilines is 1. The minimum absolute atomic E-state index is 0.0773. The summed E-state index contributed by atoms with van der Waals surface area (Å²) in [6.07, 6.45) is 4.01. The van der Waals surface area contributed by atoms with Gasteiger partial charge in [0.2, 0.25) is 5.91 Å². The van der Waals surface area contributed by atoms with E-state index >= 15 is 0 Å². The van der Waals surface area contributed by atoms with E-state index in [0.29, 0.717) is 10.9 Å². The van der Waals surface area contributed by atoms with Crippen molar-refractivity contribution >= 4 is 23.2 Å². The minimum atomic E-state index is -0.302. The van der Waals surface area contributed by atoms with Gasteiger partial charge in [0.15, 0.2) is 0 Å². The highest BCUT2D eigenvalue weighted by atomic mass is 35.5. The summed E-state index contributed by atoms with van der Waals surface area (Å²) < 4.78 is 0. The van der Waals surface area contributed by atoms with E-state index in [9.17, 15) is 9.90 Å². The molecule has 0 radical (unpaired) electrons. The molecule has 1 saturated carbocycles. The molecule has 0 bridgehead atoms. The molecule has 0 saturated heterocycles. The van der Waals surface area contributed by atoms with Gasteiger partial charge in [-0.3, -0.25) is 4.79 Å². The van der Waals surface area contributed by atoms with Crippen LogP contribution in [0, 0.1) is 5.92 Å². The highest BCUT2D eigenvalue weighted by Gasteiger charge is 2.33. The van der Waals surface area contributed by atoms with E-state index in [1.54, 1.807) is 24.3 Å². The van der Waals surface area contributed by atoms with Crippen molar-refractivity contribution in [3.8, 4) is 0 Å². The van der Waals surface area contributed by atoms with Gasteiger partial charge in [0.1, 0.15) is 0 Å². The molecule has 0 aromatic heterocycles. The van der Waals surface area contributed by atoms with Gasteiger partial charge < -0.3 is 15.7 Å². The van der Waals surface area contributed by atoms with Crippen molar-refractivity contribution in [2.24, 2.45) is 5.92 Å². The quantitative estimate of drug-likeness (QED) is 0.783. The number of halogens is 1. The number of benzene rings is 1. The van der Waals surface area contributed by atoms with Crippen molar-refractivity contribution in [3.63, 3.8) is 0 Å². The molecule has 1 aromatic carbocycles. The van der Waals surface area contributed by atoms with E-state index in [-0.39, 0.29) is 24.6 Å². The van der Waals surface area contributed by atoms with Crippen LogP contribution in [0.5, 0.6) is 0 Å². The molecule has 1 aliphatic rings. The zero-order chi connectivity index (χ0) is 15.3. The summed E-state index contributed by atoms with van der Waals surface area (Å²) >= 11 is 5.81. The maximum atomic E-state index is 12.0. The minimum Gasteiger partial charge on any atom is -0.394 e. The SMILES string of the molecule is CC1CCC(CO)(NCC(=O)Nc2ccc(Cl)cc2)CC1. The summed E-state index contributed by atoms with van der Waals surface area (Å²) in [5.41, 5.74) is 0.422. The van der Waals surface area contributed by atoms with E-state index in [1.165, 1.54) is 0 Å². The number of amides is 1. The second kappa shape index (κ2) is 7.25. The van der Waals surface area contributed by atoms with Gasteiger partial charge in [-0.1, -0.05) is 18.5 Å². The molecule has 0 unspecified atom stereocenters. The number of aliphatic hydroxyl groups excluding tert-OH is 1. The largest absolute Gasteiger partial charge is 0.394 e. The van der Waals surface area contributed by atoms with Crippen molar-refractivity contribution in [3.05, 3.63) is 29.3 Å². The van der Waals surface area contributed by atoms with Gasteiger partial charge in [-0.15, -0.1) is 0 Å². The van der Waals surface area contributed by atoms with Gasteiger partial charge in [-0.05, 0) is 55.9 Å². The standard InChI is InChI=1S/C16H23ClN2O2/c1-12-6-8-16(11-20,9-7-12)18-10-15(21)19-14-4-2-13(17)3-5-14/h2-5,12,18,20H,6-11H2,1H3,(H,19,21). The number of carbonyl (C=O) groups excluding carboxylic acids is 1. The van der Waals surface area contributed by atoms with Crippen LogP contribution >= 0.6 is 11.6 Å². The summed E-state index contributed by atoms with van der Waals surface area (Å²) in [6, 6.07) is 7.01. The number of hydrogen-bond acceptors (Lipinski definition) is 3. The molecule has 0 atom stereocenters. The molecule has 21 heavy (non-hydrogen) atoms. The third-order valence-electron chi connectivity index (χ3n) is 4.29. The molecule has 2 rings (SSSR count). The lowest BCUT2D eigenvalue weighted by atomic mass is 9.77. The summed E-state index contributed by atoms with van der Waals surface area (Å²) in [7, 11) is 0. The third kappa shape index (κ3) is 4.70. The van der Waals surface area contributed by atoms with Crippen LogP contribution in [0.2, 0.25) is 5.02 Å². The average Bonchev–Trinajstić information content (AvgIpc) is 2.50. The Kier molecular flexibility index (Phi) is 5.62. The Hall–Kier alpha value is -1.10. The van der Waals surface area contributed by atoms with Crippen LogP contribution in [0.15, 0.2) is 24.3 Å². The third-order valence-corrected chi connectivity index (χ3v) is 4.54. The molecular weight excluding hydrogens is 288 g/mol. The molecule has 3 N–H and O–H groups in total. The number of carbonyl (C=O) groups is 1. The van der Waals surface area contributed by atoms with E-state index in [4.69, 9.17) is 11.6 Å². The molecule has 116 valence electrons. The Morgan fingerprint density at radius 2 is 1.95 bits per heavy atom. The van der Waals surface area contributed by atoms with Gasteiger partial charge in [-0.2, -0.15) is 0 Å². The first-order valence-electron chi connectivity index (χ1n) is 7.44. The van der Waals surface area contributed by atoms with E-state index in [1.807, 2.05) is 0 Å². The molecule has 0 heterocycles. The fraction of sp³-hybridized carbons (Fsp3) is 0.562. The van der Waals surface area contributed by atoms with E-state index in [0.717, 1.165) is 31.4 Å². The van der Waals surface area contributed by atoms with Gasteiger partial charge in [0.25, 0.3) is 0 Å². The Labute approximate surface area is 130 Å².